The van der Waals surface area contributed by atoms with E-state index in [1.54, 1.807) is 0 Å². The lowest BCUT2D eigenvalue weighted by Crippen LogP contribution is -2.29. The minimum atomic E-state index is 0.487. The molecule has 18 heavy (non-hydrogen) atoms. The van der Waals surface area contributed by atoms with Crippen molar-refractivity contribution in [3.05, 3.63) is 23.2 Å². The molecule has 0 aromatic carbocycles. The summed E-state index contributed by atoms with van der Waals surface area (Å²) in [5.74, 6) is 2.14. The standard InChI is InChI=1S/C15H28N2O/c1-7-17(12(4)5)10-14-8-13(6)15(18-14)9-16-11(2)3/h8,11-12,16H,7,9-10H2,1-6H3. The van der Waals surface area contributed by atoms with E-state index in [9.17, 15) is 0 Å². The Kier molecular flexibility index (Phi) is 5.89. The molecular formula is C15H28N2O. The number of hydrogen-bond donors (Lipinski definition) is 1. The van der Waals surface area contributed by atoms with Gasteiger partial charge in [0.25, 0.3) is 0 Å². The maximum atomic E-state index is 5.94. The quantitative estimate of drug-likeness (QED) is 0.807. The zero-order valence-corrected chi connectivity index (χ0v) is 12.7. The van der Waals surface area contributed by atoms with Crippen molar-refractivity contribution in [2.45, 2.75) is 66.7 Å². The summed E-state index contributed by atoms with van der Waals surface area (Å²) in [5.41, 5.74) is 1.25. The lowest BCUT2D eigenvalue weighted by Gasteiger charge is -2.23. The average Bonchev–Trinajstić information content (AvgIpc) is 2.63. The fraction of sp³-hybridized carbons (Fsp3) is 0.733. The van der Waals surface area contributed by atoms with Gasteiger partial charge in [0.15, 0.2) is 0 Å². The van der Waals surface area contributed by atoms with Gasteiger partial charge >= 0.3 is 0 Å². The zero-order valence-electron chi connectivity index (χ0n) is 12.7. The van der Waals surface area contributed by atoms with E-state index in [1.165, 1.54) is 5.56 Å². The number of aryl methyl sites for hydroxylation is 1. The summed E-state index contributed by atoms with van der Waals surface area (Å²) in [7, 11) is 0. The van der Waals surface area contributed by atoms with E-state index in [-0.39, 0.29) is 0 Å². The van der Waals surface area contributed by atoms with E-state index in [0.29, 0.717) is 12.1 Å². The number of hydrogen-bond acceptors (Lipinski definition) is 3. The maximum absolute atomic E-state index is 5.94. The topological polar surface area (TPSA) is 28.4 Å². The predicted octanol–water partition coefficient (Wildman–Crippen LogP) is 3.32. The maximum Gasteiger partial charge on any atom is 0.120 e. The van der Waals surface area contributed by atoms with Crippen LogP contribution in [0.1, 0.15) is 51.7 Å². The van der Waals surface area contributed by atoms with Crippen LogP contribution in [0, 0.1) is 6.92 Å². The van der Waals surface area contributed by atoms with E-state index in [1.807, 2.05) is 0 Å². The van der Waals surface area contributed by atoms with Crippen molar-refractivity contribution >= 4 is 0 Å². The Balaban J connectivity index is 2.65. The molecule has 3 heteroatoms. The largest absolute Gasteiger partial charge is 0.463 e. The second kappa shape index (κ2) is 6.95. The van der Waals surface area contributed by atoms with E-state index in [2.05, 4.69) is 57.8 Å². The molecule has 0 saturated heterocycles. The molecule has 0 aliphatic rings. The molecule has 1 rings (SSSR count). The first kappa shape index (κ1) is 15.3. The zero-order chi connectivity index (χ0) is 13.7. The van der Waals surface area contributed by atoms with Crippen molar-refractivity contribution in [2.24, 2.45) is 0 Å². The minimum absolute atomic E-state index is 0.487. The first-order chi connectivity index (χ1) is 8.43. The molecule has 0 radical (unpaired) electrons. The van der Waals surface area contributed by atoms with Crippen LogP contribution >= 0.6 is 0 Å². The first-order valence-electron chi connectivity index (χ1n) is 6.99. The molecule has 0 fully saturated rings. The summed E-state index contributed by atoms with van der Waals surface area (Å²) in [6, 6.07) is 3.21. The van der Waals surface area contributed by atoms with Crippen LogP contribution in [-0.2, 0) is 13.1 Å². The van der Waals surface area contributed by atoms with E-state index >= 15 is 0 Å². The molecule has 0 bridgehead atoms. The molecule has 0 atom stereocenters. The first-order valence-corrected chi connectivity index (χ1v) is 6.99. The smallest absolute Gasteiger partial charge is 0.120 e. The van der Waals surface area contributed by atoms with Crippen LogP contribution < -0.4 is 5.32 Å². The lowest BCUT2D eigenvalue weighted by atomic mass is 10.2. The van der Waals surface area contributed by atoms with Gasteiger partial charge in [-0.05, 0) is 38.9 Å². The molecule has 0 aliphatic carbocycles. The van der Waals surface area contributed by atoms with Gasteiger partial charge in [0.2, 0.25) is 0 Å². The summed E-state index contributed by atoms with van der Waals surface area (Å²) >= 11 is 0. The monoisotopic (exact) mass is 252 g/mol. The predicted molar refractivity (Wildman–Crippen MR) is 76.6 cm³/mol. The van der Waals surface area contributed by atoms with Gasteiger partial charge in [-0.2, -0.15) is 0 Å². The molecule has 1 aromatic rings. The van der Waals surface area contributed by atoms with Crippen molar-refractivity contribution in [3.63, 3.8) is 0 Å². The molecule has 0 aliphatic heterocycles. The molecule has 104 valence electrons. The highest BCUT2D eigenvalue weighted by Crippen LogP contribution is 2.17. The van der Waals surface area contributed by atoms with Gasteiger partial charge in [0, 0.05) is 12.1 Å². The highest BCUT2D eigenvalue weighted by atomic mass is 16.3. The van der Waals surface area contributed by atoms with Crippen LogP contribution in [0.15, 0.2) is 10.5 Å². The number of nitrogens with zero attached hydrogens (tertiary/aromatic N) is 1. The Morgan fingerprint density at radius 1 is 1.28 bits per heavy atom. The van der Waals surface area contributed by atoms with Crippen LogP contribution in [-0.4, -0.2) is 23.5 Å². The van der Waals surface area contributed by atoms with Crippen LogP contribution in [0.2, 0.25) is 0 Å². The van der Waals surface area contributed by atoms with Crippen LogP contribution in [0.3, 0.4) is 0 Å². The molecule has 0 unspecified atom stereocenters. The summed E-state index contributed by atoms with van der Waals surface area (Å²) in [6.45, 7) is 15.8. The van der Waals surface area contributed by atoms with E-state index < -0.39 is 0 Å². The SMILES string of the molecule is CCN(Cc1cc(C)c(CNC(C)C)o1)C(C)C. The van der Waals surface area contributed by atoms with Gasteiger partial charge < -0.3 is 9.73 Å². The Morgan fingerprint density at radius 2 is 1.94 bits per heavy atom. The Labute approximate surface area is 112 Å². The summed E-state index contributed by atoms with van der Waals surface area (Å²) < 4.78 is 5.94. The average molecular weight is 252 g/mol. The van der Waals surface area contributed by atoms with E-state index in [4.69, 9.17) is 4.42 Å². The van der Waals surface area contributed by atoms with Crippen LogP contribution in [0.5, 0.6) is 0 Å². The Morgan fingerprint density at radius 3 is 2.44 bits per heavy atom. The molecule has 1 heterocycles. The highest BCUT2D eigenvalue weighted by molar-refractivity contribution is 5.20. The third kappa shape index (κ3) is 4.46. The van der Waals surface area contributed by atoms with Crippen LogP contribution in [0.25, 0.3) is 0 Å². The number of rotatable bonds is 7. The second-order valence-electron chi connectivity index (χ2n) is 5.51. The minimum Gasteiger partial charge on any atom is -0.463 e. The van der Waals surface area contributed by atoms with Crippen molar-refractivity contribution in [1.82, 2.24) is 10.2 Å². The Bertz CT molecular complexity index is 355. The molecule has 1 N–H and O–H groups in total. The normalized spacial score (nSPS) is 12.1. The van der Waals surface area contributed by atoms with Gasteiger partial charge in [-0.3, -0.25) is 4.90 Å². The number of nitrogens with one attached hydrogen (secondary N) is 1. The fourth-order valence-electron chi connectivity index (χ4n) is 2.00. The van der Waals surface area contributed by atoms with Gasteiger partial charge in [-0.25, -0.2) is 0 Å². The molecule has 0 saturated carbocycles. The van der Waals surface area contributed by atoms with Gasteiger partial charge in [0.1, 0.15) is 11.5 Å². The third-order valence-corrected chi connectivity index (χ3v) is 3.24. The molecule has 3 nitrogen and oxygen atoms in total. The van der Waals surface area contributed by atoms with Crippen molar-refractivity contribution in [3.8, 4) is 0 Å². The fourth-order valence-corrected chi connectivity index (χ4v) is 2.00. The summed E-state index contributed by atoms with van der Waals surface area (Å²) in [4.78, 5) is 2.40. The number of furan rings is 1. The van der Waals surface area contributed by atoms with Crippen LogP contribution in [0.4, 0.5) is 0 Å². The van der Waals surface area contributed by atoms with Crippen molar-refractivity contribution in [1.29, 1.82) is 0 Å². The molecular weight excluding hydrogens is 224 g/mol. The Hall–Kier alpha value is -0.800. The second-order valence-corrected chi connectivity index (χ2v) is 5.51. The lowest BCUT2D eigenvalue weighted by molar-refractivity contribution is 0.205. The third-order valence-electron chi connectivity index (χ3n) is 3.24. The summed E-state index contributed by atoms with van der Waals surface area (Å²) in [5, 5.41) is 3.40. The van der Waals surface area contributed by atoms with Gasteiger partial charge in [-0.1, -0.05) is 20.8 Å². The van der Waals surface area contributed by atoms with E-state index in [0.717, 1.165) is 31.2 Å². The van der Waals surface area contributed by atoms with Gasteiger partial charge in [0.05, 0.1) is 13.1 Å². The molecule has 0 spiro atoms. The molecule has 1 aromatic heterocycles. The highest BCUT2D eigenvalue weighted by Gasteiger charge is 2.13. The summed E-state index contributed by atoms with van der Waals surface area (Å²) in [6.07, 6.45) is 0. The molecule has 0 amide bonds. The van der Waals surface area contributed by atoms with Crippen molar-refractivity contribution in [2.75, 3.05) is 6.54 Å². The van der Waals surface area contributed by atoms with Gasteiger partial charge in [-0.15, -0.1) is 0 Å². The van der Waals surface area contributed by atoms with Crippen molar-refractivity contribution < 1.29 is 4.42 Å².